The predicted octanol–water partition coefficient (Wildman–Crippen LogP) is -2.24. The lowest BCUT2D eigenvalue weighted by molar-refractivity contribution is -0.0548. The molecule has 2 heterocycles. The SMILES string of the molecule is C#COC[C@H]1O[C@@H](n2ccc(=O)[nH]c2=O)[C@@H](O)[C@@H]1O. The van der Waals surface area contributed by atoms with Crippen LogP contribution < -0.4 is 11.2 Å². The summed E-state index contributed by atoms with van der Waals surface area (Å²) in [6.45, 7) is -0.122. The average Bonchev–Trinajstić information content (AvgIpc) is 2.64. The van der Waals surface area contributed by atoms with Crippen LogP contribution in [0.15, 0.2) is 21.9 Å². The molecule has 0 amide bonds. The third-order valence-electron chi connectivity index (χ3n) is 2.79. The molecule has 0 radical (unpaired) electrons. The van der Waals surface area contributed by atoms with Crippen LogP contribution >= 0.6 is 0 Å². The Bertz CT molecular complexity index is 600. The standard InChI is InChI=1S/C11H12N2O6/c1-2-18-5-6-8(15)9(16)10(19-6)13-4-3-7(14)12-11(13)17/h1,3-4,6,8-10,15-16H,5H2,(H,12,14,17)/t6-,8-,9+,10-/m1/s1. The summed E-state index contributed by atoms with van der Waals surface area (Å²) in [7, 11) is 0. The first-order valence-electron chi connectivity index (χ1n) is 5.45. The second kappa shape index (κ2) is 5.27. The molecule has 2 rings (SSSR count). The number of hydrogen-bond donors (Lipinski definition) is 3. The summed E-state index contributed by atoms with van der Waals surface area (Å²) in [6.07, 6.45) is 3.42. The van der Waals surface area contributed by atoms with E-state index < -0.39 is 35.8 Å². The number of terminal acetylenes is 1. The van der Waals surface area contributed by atoms with E-state index in [1.54, 1.807) is 0 Å². The van der Waals surface area contributed by atoms with Crippen LogP contribution in [-0.2, 0) is 9.47 Å². The van der Waals surface area contributed by atoms with Gasteiger partial charge in [0.05, 0.1) is 0 Å². The lowest BCUT2D eigenvalue weighted by atomic mass is 10.1. The lowest BCUT2D eigenvalue weighted by Gasteiger charge is -2.16. The topological polar surface area (TPSA) is 114 Å². The third-order valence-corrected chi connectivity index (χ3v) is 2.79. The van der Waals surface area contributed by atoms with Crippen LogP contribution in [0.25, 0.3) is 0 Å². The van der Waals surface area contributed by atoms with Crippen molar-refractivity contribution < 1.29 is 19.7 Å². The molecule has 1 saturated heterocycles. The number of hydrogen-bond acceptors (Lipinski definition) is 6. The van der Waals surface area contributed by atoms with Gasteiger partial charge in [0.1, 0.15) is 31.0 Å². The number of nitrogens with zero attached hydrogens (tertiary/aromatic N) is 1. The Balaban J connectivity index is 2.24. The van der Waals surface area contributed by atoms with Gasteiger partial charge in [-0.2, -0.15) is 0 Å². The van der Waals surface area contributed by atoms with E-state index in [0.29, 0.717) is 0 Å². The average molecular weight is 268 g/mol. The Labute approximate surface area is 107 Å². The van der Waals surface area contributed by atoms with E-state index >= 15 is 0 Å². The van der Waals surface area contributed by atoms with Crippen molar-refractivity contribution in [1.82, 2.24) is 9.55 Å². The molecule has 1 aliphatic rings. The van der Waals surface area contributed by atoms with Crippen LogP contribution in [0.5, 0.6) is 0 Å². The molecule has 0 spiro atoms. The molecule has 19 heavy (non-hydrogen) atoms. The first-order chi connectivity index (χ1) is 9.04. The van der Waals surface area contributed by atoms with Gasteiger partial charge in [-0.05, 0) is 0 Å². The van der Waals surface area contributed by atoms with E-state index in [0.717, 1.165) is 10.6 Å². The maximum absolute atomic E-state index is 11.6. The van der Waals surface area contributed by atoms with Crippen molar-refractivity contribution in [2.24, 2.45) is 0 Å². The van der Waals surface area contributed by atoms with Gasteiger partial charge in [-0.15, -0.1) is 0 Å². The van der Waals surface area contributed by atoms with Gasteiger partial charge in [-0.3, -0.25) is 14.3 Å². The zero-order chi connectivity index (χ0) is 14.0. The normalized spacial score (nSPS) is 29.9. The molecule has 1 aromatic heterocycles. The van der Waals surface area contributed by atoms with Crippen molar-refractivity contribution in [3.8, 4) is 12.5 Å². The van der Waals surface area contributed by atoms with E-state index in [1.807, 2.05) is 11.1 Å². The number of aromatic nitrogens is 2. The zero-order valence-corrected chi connectivity index (χ0v) is 9.72. The molecule has 1 fully saturated rings. The highest BCUT2D eigenvalue weighted by Crippen LogP contribution is 2.28. The van der Waals surface area contributed by atoms with Gasteiger partial charge in [-0.25, -0.2) is 4.79 Å². The van der Waals surface area contributed by atoms with Gasteiger partial charge < -0.3 is 19.7 Å². The molecule has 0 unspecified atom stereocenters. The van der Waals surface area contributed by atoms with E-state index in [9.17, 15) is 19.8 Å². The van der Waals surface area contributed by atoms with Gasteiger partial charge in [0.25, 0.3) is 5.56 Å². The third kappa shape index (κ3) is 2.53. The highest BCUT2D eigenvalue weighted by molar-refractivity contribution is 4.93. The highest BCUT2D eigenvalue weighted by Gasteiger charge is 2.44. The Kier molecular flexibility index (Phi) is 3.71. The molecule has 1 aromatic rings. The van der Waals surface area contributed by atoms with Crippen molar-refractivity contribution in [1.29, 1.82) is 0 Å². The summed E-state index contributed by atoms with van der Waals surface area (Å²) in [5.41, 5.74) is -1.32. The van der Waals surface area contributed by atoms with E-state index in [1.165, 1.54) is 6.20 Å². The van der Waals surface area contributed by atoms with Gasteiger partial charge in [0.15, 0.2) is 6.23 Å². The maximum Gasteiger partial charge on any atom is 0.330 e. The minimum absolute atomic E-state index is 0.122. The Morgan fingerprint density at radius 3 is 2.84 bits per heavy atom. The monoisotopic (exact) mass is 268 g/mol. The van der Waals surface area contributed by atoms with Crippen molar-refractivity contribution in [2.45, 2.75) is 24.5 Å². The lowest BCUT2D eigenvalue weighted by Crippen LogP contribution is -2.37. The van der Waals surface area contributed by atoms with Crippen molar-refractivity contribution in [2.75, 3.05) is 6.61 Å². The summed E-state index contributed by atoms with van der Waals surface area (Å²) in [5, 5.41) is 19.6. The van der Waals surface area contributed by atoms with Gasteiger partial charge in [0.2, 0.25) is 0 Å². The fraction of sp³-hybridized carbons (Fsp3) is 0.455. The first-order valence-corrected chi connectivity index (χ1v) is 5.45. The van der Waals surface area contributed by atoms with Crippen LogP contribution in [-0.4, -0.2) is 44.7 Å². The van der Waals surface area contributed by atoms with Crippen LogP contribution in [0.2, 0.25) is 0 Å². The second-order valence-corrected chi connectivity index (χ2v) is 3.99. The molecule has 1 aliphatic heterocycles. The van der Waals surface area contributed by atoms with Crippen molar-refractivity contribution in [3.05, 3.63) is 33.1 Å². The van der Waals surface area contributed by atoms with E-state index in [4.69, 9.17) is 11.2 Å². The number of aliphatic hydroxyl groups excluding tert-OH is 2. The second-order valence-electron chi connectivity index (χ2n) is 3.99. The summed E-state index contributed by atoms with van der Waals surface area (Å²) >= 11 is 0. The molecule has 0 bridgehead atoms. The summed E-state index contributed by atoms with van der Waals surface area (Å²) in [6, 6.07) is 1.11. The number of rotatable bonds is 3. The van der Waals surface area contributed by atoms with Crippen LogP contribution in [0.1, 0.15) is 6.23 Å². The Hall–Kier alpha value is -2.08. The van der Waals surface area contributed by atoms with Gasteiger partial charge in [0, 0.05) is 12.3 Å². The van der Waals surface area contributed by atoms with Crippen molar-refractivity contribution in [3.63, 3.8) is 0 Å². The molecule has 3 N–H and O–H groups in total. The molecular weight excluding hydrogens is 256 g/mol. The predicted molar refractivity (Wildman–Crippen MR) is 62.0 cm³/mol. The Morgan fingerprint density at radius 2 is 2.21 bits per heavy atom. The van der Waals surface area contributed by atoms with E-state index in [2.05, 4.69) is 4.74 Å². The van der Waals surface area contributed by atoms with E-state index in [-0.39, 0.29) is 6.61 Å². The fourth-order valence-electron chi connectivity index (χ4n) is 1.85. The first kappa shape index (κ1) is 13.4. The fourth-order valence-corrected chi connectivity index (χ4v) is 1.85. The van der Waals surface area contributed by atoms with Gasteiger partial charge in [-0.1, -0.05) is 6.42 Å². The van der Waals surface area contributed by atoms with Gasteiger partial charge >= 0.3 is 5.69 Å². The summed E-state index contributed by atoms with van der Waals surface area (Å²) < 4.78 is 10.9. The van der Waals surface area contributed by atoms with Crippen LogP contribution in [0.3, 0.4) is 0 Å². The zero-order valence-electron chi connectivity index (χ0n) is 9.72. The number of aliphatic hydroxyl groups is 2. The number of H-pyrrole nitrogens is 1. The summed E-state index contributed by atoms with van der Waals surface area (Å²) in [5.74, 6) is 0. The highest BCUT2D eigenvalue weighted by atomic mass is 16.6. The van der Waals surface area contributed by atoms with Crippen LogP contribution in [0, 0.1) is 12.5 Å². The smallest absolute Gasteiger partial charge is 0.330 e. The minimum atomic E-state index is -1.34. The molecular formula is C11H12N2O6. The molecule has 8 nitrogen and oxygen atoms in total. The number of nitrogens with one attached hydrogen (secondary N) is 1. The number of aromatic amines is 1. The molecule has 4 atom stereocenters. The molecule has 0 saturated carbocycles. The Morgan fingerprint density at radius 1 is 1.47 bits per heavy atom. The molecule has 0 aromatic carbocycles. The van der Waals surface area contributed by atoms with Crippen LogP contribution in [0.4, 0.5) is 0 Å². The number of ether oxygens (including phenoxy) is 2. The largest absolute Gasteiger partial charge is 0.444 e. The quantitative estimate of drug-likeness (QED) is 0.534. The molecule has 8 heteroatoms. The minimum Gasteiger partial charge on any atom is -0.444 e. The van der Waals surface area contributed by atoms with Crippen molar-refractivity contribution >= 4 is 0 Å². The molecule has 102 valence electrons. The maximum atomic E-state index is 11.6. The molecule has 0 aliphatic carbocycles. The summed E-state index contributed by atoms with van der Waals surface area (Å²) in [4.78, 5) is 24.5.